The van der Waals surface area contributed by atoms with Crippen molar-refractivity contribution in [1.82, 2.24) is 9.38 Å². The van der Waals surface area contributed by atoms with E-state index in [0.29, 0.717) is 11.3 Å². The molecule has 0 aliphatic rings. The Morgan fingerprint density at radius 2 is 1.88 bits per heavy atom. The topological polar surface area (TPSA) is 106 Å². The normalized spacial score (nSPS) is 11.1. The lowest BCUT2D eigenvalue weighted by molar-refractivity contribution is 0.0599. The second kappa shape index (κ2) is 6.48. The molecule has 0 saturated heterocycles. The number of esters is 1. The highest BCUT2D eigenvalue weighted by molar-refractivity contribution is 5.92. The summed E-state index contributed by atoms with van der Waals surface area (Å²) in [7, 11) is 1.27. The Morgan fingerprint density at radius 1 is 1.16 bits per heavy atom. The average molecular weight is 342 g/mol. The third-order valence-corrected chi connectivity index (χ3v) is 3.31. The maximum absolute atomic E-state index is 13.4. The van der Waals surface area contributed by atoms with Crippen LogP contribution in [0.2, 0.25) is 0 Å². The van der Waals surface area contributed by atoms with Crippen molar-refractivity contribution in [2.75, 3.05) is 7.11 Å². The maximum Gasteiger partial charge on any atom is 0.358 e. The molecule has 3 rings (SSSR count). The van der Waals surface area contributed by atoms with Gasteiger partial charge < -0.3 is 9.84 Å². The van der Waals surface area contributed by atoms with Gasteiger partial charge in [0.25, 0.3) is 0 Å². The second-order valence-electron chi connectivity index (χ2n) is 4.90. The number of fused-ring (bicyclic) bond motifs is 1. The average Bonchev–Trinajstić information content (AvgIpc) is 2.97. The van der Waals surface area contributed by atoms with Gasteiger partial charge in [-0.05, 0) is 36.4 Å². The Kier molecular flexibility index (Phi) is 4.21. The molecule has 0 atom stereocenters. The number of aromatic carboxylic acids is 1. The predicted molar refractivity (Wildman–Crippen MR) is 84.1 cm³/mol. The van der Waals surface area contributed by atoms with Gasteiger partial charge in [-0.15, -0.1) is 10.2 Å². The SMILES string of the molecule is COC(=O)c1ccc(N=Nc2c(C(=O)O)nc3ccc(F)cn23)cc1. The van der Waals surface area contributed by atoms with Crippen molar-refractivity contribution in [2.45, 2.75) is 0 Å². The Bertz CT molecular complexity index is 995. The lowest BCUT2D eigenvalue weighted by atomic mass is 10.2. The molecule has 9 heteroatoms. The molecule has 0 amide bonds. The van der Waals surface area contributed by atoms with E-state index in [2.05, 4.69) is 19.9 Å². The second-order valence-corrected chi connectivity index (χ2v) is 4.90. The van der Waals surface area contributed by atoms with Gasteiger partial charge in [0.15, 0.2) is 11.5 Å². The summed E-state index contributed by atoms with van der Waals surface area (Å²) in [5.74, 6) is -2.48. The zero-order valence-electron chi connectivity index (χ0n) is 12.9. The molecule has 8 nitrogen and oxygen atoms in total. The number of rotatable bonds is 4. The fourth-order valence-corrected chi connectivity index (χ4v) is 2.13. The van der Waals surface area contributed by atoms with Crippen molar-refractivity contribution >= 4 is 29.1 Å². The van der Waals surface area contributed by atoms with E-state index in [0.717, 1.165) is 6.20 Å². The number of carboxylic acid groups (broad SMARTS) is 1. The van der Waals surface area contributed by atoms with Crippen LogP contribution >= 0.6 is 0 Å². The largest absolute Gasteiger partial charge is 0.476 e. The van der Waals surface area contributed by atoms with Crippen molar-refractivity contribution in [3.63, 3.8) is 0 Å². The number of hydrogen-bond donors (Lipinski definition) is 1. The number of carboxylic acids is 1. The van der Waals surface area contributed by atoms with Crippen molar-refractivity contribution in [3.8, 4) is 0 Å². The molecular formula is C16H11FN4O4. The Balaban J connectivity index is 2.00. The van der Waals surface area contributed by atoms with Gasteiger partial charge in [-0.3, -0.25) is 4.40 Å². The number of hydrogen-bond acceptors (Lipinski definition) is 6. The van der Waals surface area contributed by atoms with Gasteiger partial charge in [0.2, 0.25) is 0 Å². The minimum atomic E-state index is -1.31. The molecule has 1 N–H and O–H groups in total. The third-order valence-electron chi connectivity index (χ3n) is 3.31. The number of ether oxygens (including phenoxy) is 1. The highest BCUT2D eigenvalue weighted by Crippen LogP contribution is 2.25. The van der Waals surface area contributed by atoms with E-state index < -0.39 is 17.8 Å². The van der Waals surface area contributed by atoms with Crippen LogP contribution in [-0.2, 0) is 4.74 Å². The molecule has 0 saturated carbocycles. The molecule has 0 radical (unpaired) electrons. The van der Waals surface area contributed by atoms with Crippen LogP contribution in [0, 0.1) is 5.82 Å². The molecule has 126 valence electrons. The number of aromatic nitrogens is 2. The lowest BCUT2D eigenvalue weighted by Crippen LogP contribution is -1.99. The maximum atomic E-state index is 13.4. The summed E-state index contributed by atoms with van der Waals surface area (Å²) >= 11 is 0. The summed E-state index contributed by atoms with van der Waals surface area (Å²) in [6.07, 6.45) is 1.07. The van der Waals surface area contributed by atoms with Crippen LogP contribution in [-0.4, -0.2) is 33.5 Å². The molecule has 0 aliphatic heterocycles. The van der Waals surface area contributed by atoms with Crippen LogP contribution in [0.1, 0.15) is 20.8 Å². The van der Waals surface area contributed by atoms with Gasteiger partial charge in [-0.25, -0.2) is 19.0 Å². The van der Waals surface area contributed by atoms with E-state index in [1.165, 1.54) is 47.9 Å². The molecule has 1 aromatic carbocycles. The summed E-state index contributed by atoms with van der Waals surface area (Å²) in [5, 5.41) is 17.0. The minimum Gasteiger partial charge on any atom is -0.476 e. The first kappa shape index (κ1) is 16.2. The van der Waals surface area contributed by atoms with Crippen LogP contribution in [0.15, 0.2) is 52.8 Å². The van der Waals surface area contributed by atoms with Gasteiger partial charge in [-0.1, -0.05) is 0 Å². The number of imidazole rings is 1. The molecular weight excluding hydrogens is 331 g/mol. The van der Waals surface area contributed by atoms with E-state index >= 15 is 0 Å². The van der Waals surface area contributed by atoms with E-state index in [4.69, 9.17) is 0 Å². The number of pyridine rings is 1. The summed E-state index contributed by atoms with van der Waals surface area (Å²) in [4.78, 5) is 26.6. The molecule has 0 spiro atoms. The van der Waals surface area contributed by atoms with Crippen molar-refractivity contribution in [3.05, 3.63) is 59.7 Å². The number of carbonyl (C=O) groups is 2. The molecule has 2 heterocycles. The zero-order valence-corrected chi connectivity index (χ0v) is 12.9. The Labute approximate surface area is 140 Å². The summed E-state index contributed by atoms with van der Waals surface area (Å²) in [5.41, 5.74) is 0.592. The summed E-state index contributed by atoms with van der Waals surface area (Å²) in [6, 6.07) is 8.52. The standard InChI is InChI=1S/C16H11FN4O4/c1-25-16(24)9-2-5-11(6-3-9)19-20-14-13(15(22)23)18-12-7-4-10(17)8-21(12)14/h2-8H,1H3,(H,22,23). The van der Waals surface area contributed by atoms with E-state index in [1.54, 1.807) is 0 Å². The van der Waals surface area contributed by atoms with Gasteiger partial charge >= 0.3 is 11.9 Å². The van der Waals surface area contributed by atoms with Gasteiger partial charge in [0.1, 0.15) is 11.5 Å². The van der Waals surface area contributed by atoms with Gasteiger partial charge in [0, 0.05) is 6.20 Å². The summed E-state index contributed by atoms with van der Waals surface area (Å²) in [6.45, 7) is 0. The van der Waals surface area contributed by atoms with Crippen LogP contribution in [0.5, 0.6) is 0 Å². The fourth-order valence-electron chi connectivity index (χ4n) is 2.13. The number of nitrogens with zero attached hydrogens (tertiary/aromatic N) is 4. The predicted octanol–water partition coefficient (Wildman–Crippen LogP) is 3.37. The lowest BCUT2D eigenvalue weighted by Gasteiger charge is -1.99. The van der Waals surface area contributed by atoms with E-state index in [1.807, 2.05) is 0 Å². The molecule has 3 aromatic rings. The van der Waals surface area contributed by atoms with Crippen LogP contribution < -0.4 is 0 Å². The molecule has 0 fully saturated rings. The first-order valence-corrected chi connectivity index (χ1v) is 7.00. The molecule has 0 bridgehead atoms. The molecule has 0 aliphatic carbocycles. The van der Waals surface area contributed by atoms with Crippen LogP contribution in [0.4, 0.5) is 15.9 Å². The zero-order chi connectivity index (χ0) is 18.0. The van der Waals surface area contributed by atoms with E-state index in [-0.39, 0.29) is 17.2 Å². The Morgan fingerprint density at radius 3 is 2.52 bits per heavy atom. The quantitative estimate of drug-likeness (QED) is 0.578. The van der Waals surface area contributed by atoms with Crippen molar-refractivity contribution in [2.24, 2.45) is 10.2 Å². The first-order chi connectivity index (χ1) is 12.0. The monoisotopic (exact) mass is 342 g/mol. The molecule has 0 unspecified atom stereocenters. The minimum absolute atomic E-state index is 0.112. The molecule has 25 heavy (non-hydrogen) atoms. The highest BCUT2D eigenvalue weighted by atomic mass is 19.1. The molecule has 2 aromatic heterocycles. The third kappa shape index (κ3) is 3.20. The summed E-state index contributed by atoms with van der Waals surface area (Å²) < 4.78 is 19.2. The van der Waals surface area contributed by atoms with Gasteiger partial charge in [-0.2, -0.15) is 0 Å². The highest BCUT2D eigenvalue weighted by Gasteiger charge is 2.18. The Hall–Kier alpha value is -3.62. The van der Waals surface area contributed by atoms with E-state index in [9.17, 15) is 19.1 Å². The number of halogens is 1. The first-order valence-electron chi connectivity index (χ1n) is 7.00. The fraction of sp³-hybridized carbons (Fsp3) is 0.0625. The van der Waals surface area contributed by atoms with Gasteiger partial charge in [0.05, 0.1) is 18.4 Å². The van der Waals surface area contributed by atoms with Crippen molar-refractivity contribution < 1.29 is 23.8 Å². The van der Waals surface area contributed by atoms with Crippen LogP contribution in [0.3, 0.4) is 0 Å². The number of methoxy groups -OCH3 is 1. The van der Waals surface area contributed by atoms with Crippen LogP contribution in [0.25, 0.3) is 5.65 Å². The number of benzene rings is 1. The van der Waals surface area contributed by atoms with Crippen molar-refractivity contribution in [1.29, 1.82) is 0 Å². The number of carbonyl (C=O) groups excluding carboxylic acids is 1. The number of azo groups is 1. The smallest absolute Gasteiger partial charge is 0.358 e.